The van der Waals surface area contributed by atoms with Crippen LogP contribution in [0.1, 0.15) is 69.4 Å². The maximum absolute atomic E-state index is 13.7. The van der Waals surface area contributed by atoms with Crippen LogP contribution in [0.25, 0.3) is 0 Å². The molecule has 1 atom stereocenters. The molecule has 1 aromatic carbocycles. The molecule has 8 nitrogen and oxygen atoms in total. The van der Waals surface area contributed by atoms with Crippen molar-refractivity contribution >= 4 is 21.6 Å². The summed E-state index contributed by atoms with van der Waals surface area (Å²) >= 11 is 0. The maximum atomic E-state index is 13.7. The second kappa shape index (κ2) is 10.0. The Hall–Kier alpha value is -3.46. The summed E-state index contributed by atoms with van der Waals surface area (Å²) in [4.78, 5) is 23.0. The van der Waals surface area contributed by atoms with Gasteiger partial charge in [0.05, 0.1) is 4.90 Å². The quantitative estimate of drug-likeness (QED) is 0.456. The first-order valence-corrected chi connectivity index (χ1v) is 14.2. The van der Waals surface area contributed by atoms with Gasteiger partial charge in [0.1, 0.15) is 18.0 Å². The van der Waals surface area contributed by atoms with Gasteiger partial charge in [0.15, 0.2) is 5.03 Å². The SMILES string of the molecule is CC1CN(c2nccc(S(=O)(=O)c3cccc(OCc4ccc(C(C)(C)C)cc4)n3)c2C(N)=O)C(C)(C)C1. The molecule has 2 N–H and O–H groups in total. The zero-order valence-corrected chi connectivity index (χ0v) is 23.7. The van der Waals surface area contributed by atoms with Crippen molar-refractivity contribution in [3.8, 4) is 5.88 Å². The predicted octanol–water partition coefficient (Wildman–Crippen LogP) is 4.91. The Labute approximate surface area is 225 Å². The third kappa shape index (κ3) is 5.53. The molecule has 1 unspecified atom stereocenters. The molecule has 9 heteroatoms. The van der Waals surface area contributed by atoms with Gasteiger partial charge in [-0.1, -0.05) is 58.0 Å². The van der Waals surface area contributed by atoms with Gasteiger partial charge in [-0.3, -0.25) is 4.79 Å². The monoisotopic (exact) mass is 536 g/mol. The Bertz CT molecular complexity index is 1440. The fraction of sp³-hybridized carbons (Fsp3) is 0.414. The molecule has 0 radical (unpaired) electrons. The number of nitrogens with two attached hydrogens (primary N) is 1. The van der Waals surface area contributed by atoms with E-state index in [0.717, 1.165) is 12.0 Å². The van der Waals surface area contributed by atoms with Gasteiger partial charge in [-0.05, 0) is 54.9 Å². The van der Waals surface area contributed by atoms with E-state index < -0.39 is 15.7 Å². The molecule has 1 aliphatic heterocycles. The van der Waals surface area contributed by atoms with Crippen LogP contribution < -0.4 is 15.4 Å². The van der Waals surface area contributed by atoms with Crippen LogP contribution in [-0.4, -0.2) is 36.4 Å². The van der Waals surface area contributed by atoms with E-state index in [1.54, 1.807) is 12.1 Å². The van der Waals surface area contributed by atoms with E-state index in [-0.39, 0.29) is 44.7 Å². The molecule has 1 amide bonds. The number of hydrogen-bond acceptors (Lipinski definition) is 7. The molecular weight excluding hydrogens is 500 g/mol. The van der Waals surface area contributed by atoms with Gasteiger partial charge >= 0.3 is 0 Å². The third-order valence-electron chi connectivity index (χ3n) is 6.94. The largest absolute Gasteiger partial charge is 0.473 e. The van der Waals surface area contributed by atoms with Gasteiger partial charge in [-0.15, -0.1) is 0 Å². The Morgan fingerprint density at radius 3 is 2.39 bits per heavy atom. The van der Waals surface area contributed by atoms with Crippen molar-refractivity contribution in [3.63, 3.8) is 0 Å². The highest BCUT2D eigenvalue weighted by Gasteiger charge is 2.40. The van der Waals surface area contributed by atoms with Crippen LogP contribution in [0, 0.1) is 5.92 Å². The number of nitrogens with zero attached hydrogens (tertiary/aromatic N) is 3. The Balaban J connectivity index is 1.64. The highest BCUT2D eigenvalue weighted by atomic mass is 32.2. The van der Waals surface area contributed by atoms with Crippen molar-refractivity contribution in [2.24, 2.45) is 11.7 Å². The van der Waals surface area contributed by atoms with Crippen LogP contribution in [0.4, 0.5) is 5.82 Å². The lowest BCUT2D eigenvalue weighted by atomic mass is 9.87. The number of carbonyl (C=O) groups is 1. The summed E-state index contributed by atoms with van der Waals surface area (Å²) in [6.07, 6.45) is 2.28. The molecular formula is C29H36N4O4S. The van der Waals surface area contributed by atoms with Crippen LogP contribution in [0.2, 0.25) is 0 Å². The molecule has 3 heterocycles. The topological polar surface area (TPSA) is 115 Å². The number of amides is 1. The van der Waals surface area contributed by atoms with Crippen LogP contribution in [0.5, 0.6) is 5.88 Å². The van der Waals surface area contributed by atoms with E-state index in [1.807, 2.05) is 30.9 Å². The molecule has 4 rings (SSSR count). The smallest absolute Gasteiger partial charge is 0.253 e. The van der Waals surface area contributed by atoms with E-state index in [0.29, 0.717) is 12.5 Å². The standard InChI is InChI=1S/C29H36N4O4S/c1-19-16-29(5,6)33(17-19)27-25(26(30)34)22(14-15-31-27)38(35,36)24-9-7-8-23(32-24)37-18-20-10-12-21(13-11-20)28(2,3)4/h7-15,19H,16-18H2,1-6H3,(H2,30,34). The van der Waals surface area contributed by atoms with Crippen LogP contribution in [-0.2, 0) is 21.9 Å². The van der Waals surface area contributed by atoms with Gasteiger partial charge in [-0.2, -0.15) is 0 Å². The zero-order chi connectivity index (χ0) is 27.9. The van der Waals surface area contributed by atoms with Gasteiger partial charge in [0.25, 0.3) is 5.91 Å². The van der Waals surface area contributed by atoms with Gasteiger partial charge in [0.2, 0.25) is 15.7 Å². The average Bonchev–Trinajstić information content (AvgIpc) is 3.13. The van der Waals surface area contributed by atoms with E-state index >= 15 is 0 Å². The number of aromatic nitrogens is 2. The number of benzene rings is 1. The number of primary amides is 1. The first kappa shape index (κ1) is 27.6. The first-order valence-electron chi connectivity index (χ1n) is 12.7. The third-order valence-corrected chi connectivity index (χ3v) is 8.63. The van der Waals surface area contributed by atoms with Gasteiger partial charge in [-0.25, -0.2) is 18.4 Å². The summed E-state index contributed by atoms with van der Waals surface area (Å²) < 4.78 is 33.3. The fourth-order valence-electron chi connectivity index (χ4n) is 5.05. The minimum atomic E-state index is -4.20. The Kier molecular flexibility index (Phi) is 7.27. The molecule has 0 spiro atoms. The van der Waals surface area contributed by atoms with E-state index in [9.17, 15) is 13.2 Å². The van der Waals surface area contributed by atoms with E-state index in [4.69, 9.17) is 10.5 Å². The molecule has 0 aliphatic carbocycles. The maximum Gasteiger partial charge on any atom is 0.253 e. The number of ether oxygens (including phenoxy) is 1. The van der Waals surface area contributed by atoms with E-state index in [1.165, 1.54) is 23.9 Å². The van der Waals surface area contributed by atoms with Crippen molar-refractivity contribution in [1.82, 2.24) is 9.97 Å². The lowest BCUT2D eigenvalue weighted by Gasteiger charge is -2.33. The van der Waals surface area contributed by atoms with Crippen molar-refractivity contribution in [2.75, 3.05) is 11.4 Å². The van der Waals surface area contributed by atoms with Gasteiger partial charge < -0.3 is 15.4 Å². The summed E-state index contributed by atoms with van der Waals surface area (Å²) in [5.41, 5.74) is 7.50. The highest BCUT2D eigenvalue weighted by Crippen LogP contribution is 2.39. The molecule has 2 aromatic heterocycles. The van der Waals surface area contributed by atoms with Crippen molar-refractivity contribution in [2.45, 2.75) is 75.4 Å². The molecule has 1 fully saturated rings. The Morgan fingerprint density at radius 1 is 1.13 bits per heavy atom. The average molecular weight is 537 g/mol. The number of pyridine rings is 2. The molecule has 1 saturated heterocycles. The van der Waals surface area contributed by atoms with Crippen LogP contribution >= 0.6 is 0 Å². The summed E-state index contributed by atoms with van der Waals surface area (Å²) in [6.45, 7) is 13.5. The number of sulfone groups is 1. The molecule has 0 saturated carbocycles. The lowest BCUT2D eigenvalue weighted by molar-refractivity contribution is 0.0997. The second-order valence-electron chi connectivity index (χ2n) is 11.7. The van der Waals surface area contributed by atoms with Crippen molar-refractivity contribution < 1.29 is 17.9 Å². The number of anilines is 1. The molecule has 202 valence electrons. The second-order valence-corrected chi connectivity index (χ2v) is 13.5. The predicted molar refractivity (Wildman–Crippen MR) is 147 cm³/mol. The zero-order valence-electron chi connectivity index (χ0n) is 22.9. The minimum Gasteiger partial charge on any atom is -0.473 e. The molecule has 1 aliphatic rings. The van der Waals surface area contributed by atoms with E-state index in [2.05, 4.69) is 49.8 Å². The van der Waals surface area contributed by atoms with Crippen molar-refractivity contribution in [1.29, 1.82) is 0 Å². The minimum absolute atomic E-state index is 0.0446. The highest BCUT2D eigenvalue weighted by molar-refractivity contribution is 7.91. The molecule has 3 aromatic rings. The Morgan fingerprint density at radius 2 is 1.82 bits per heavy atom. The normalized spacial score (nSPS) is 17.4. The lowest BCUT2D eigenvalue weighted by Crippen LogP contribution is -2.40. The summed E-state index contributed by atoms with van der Waals surface area (Å²) in [6, 6.07) is 13.9. The first-order chi connectivity index (χ1) is 17.7. The van der Waals surface area contributed by atoms with Crippen molar-refractivity contribution in [3.05, 3.63) is 71.4 Å². The number of rotatable bonds is 7. The molecule has 0 bridgehead atoms. The summed E-state index contributed by atoms with van der Waals surface area (Å²) in [7, 11) is -4.20. The molecule has 38 heavy (non-hydrogen) atoms. The van der Waals surface area contributed by atoms with Crippen LogP contribution in [0.3, 0.4) is 0 Å². The fourth-order valence-corrected chi connectivity index (χ4v) is 6.44. The van der Waals surface area contributed by atoms with Gasteiger partial charge in [0, 0.05) is 24.3 Å². The number of hydrogen-bond donors (Lipinski definition) is 1. The number of carbonyl (C=O) groups excluding carboxylic acids is 1. The summed E-state index contributed by atoms with van der Waals surface area (Å²) in [5.74, 6) is -0.0597. The summed E-state index contributed by atoms with van der Waals surface area (Å²) in [5, 5.41) is -0.230. The van der Waals surface area contributed by atoms with Crippen LogP contribution in [0.15, 0.2) is 64.6 Å².